The van der Waals surface area contributed by atoms with Crippen LogP contribution in [0.25, 0.3) is 0 Å². The SMILES string of the molecule is Cc1nc(COc2ccc(C(=O)N(C)[C@H](C)c3ccc(F)c(F)c3)cc2)no1. The first-order valence-corrected chi connectivity index (χ1v) is 8.59. The Labute approximate surface area is 160 Å². The number of aromatic nitrogens is 2. The van der Waals surface area contributed by atoms with E-state index in [1.165, 1.54) is 11.0 Å². The van der Waals surface area contributed by atoms with Gasteiger partial charge in [0, 0.05) is 19.5 Å². The van der Waals surface area contributed by atoms with Gasteiger partial charge in [-0.25, -0.2) is 8.78 Å². The number of carbonyl (C=O) groups excluding carboxylic acids is 1. The van der Waals surface area contributed by atoms with Gasteiger partial charge in [0.1, 0.15) is 5.75 Å². The van der Waals surface area contributed by atoms with Gasteiger partial charge < -0.3 is 14.2 Å². The summed E-state index contributed by atoms with van der Waals surface area (Å²) in [5, 5.41) is 3.74. The molecule has 1 amide bonds. The first kappa shape index (κ1) is 19.5. The topological polar surface area (TPSA) is 68.5 Å². The van der Waals surface area contributed by atoms with E-state index in [1.54, 1.807) is 45.2 Å². The van der Waals surface area contributed by atoms with Gasteiger partial charge in [0.15, 0.2) is 18.2 Å². The Morgan fingerprint density at radius 2 is 1.89 bits per heavy atom. The van der Waals surface area contributed by atoms with Crippen molar-refractivity contribution >= 4 is 5.91 Å². The third-order valence-electron chi connectivity index (χ3n) is 4.37. The number of carbonyl (C=O) groups is 1. The number of nitrogens with zero attached hydrogens (tertiary/aromatic N) is 3. The fourth-order valence-corrected chi connectivity index (χ4v) is 2.62. The lowest BCUT2D eigenvalue weighted by atomic mass is 10.1. The maximum Gasteiger partial charge on any atom is 0.254 e. The zero-order valence-electron chi connectivity index (χ0n) is 15.6. The summed E-state index contributed by atoms with van der Waals surface area (Å²) in [6, 6.07) is 9.77. The molecule has 0 aliphatic carbocycles. The van der Waals surface area contributed by atoms with Crippen molar-refractivity contribution in [2.24, 2.45) is 0 Å². The number of aryl methyl sites for hydroxylation is 1. The van der Waals surface area contributed by atoms with Crippen LogP contribution < -0.4 is 4.74 Å². The van der Waals surface area contributed by atoms with Crippen LogP contribution in [0.2, 0.25) is 0 Å². The van der Waals surface area contributed by atoms with Gasteiger partial charge in [-0.1, -0.05) is 11.2 Å². The lowest BCUT2D eigenvalue weighted by Crippen LogP contribution is -2.29. The first-order valence-electron chi connectivity index (χ1n) is 8.59. The van der Waals surface area contributed by atoms with Gasteiger partial charge in [-0.3, -0.25) is 4.79 Å². The highest BCUT2D eigenvalue weighted by Gasteiger charge is 2.20. The lowest BCUT2D eigenvalue weighted by molar-refractivity contribution is 0.0742. The van der Waals surface area contributed by atoms with E-state index in [4.69, 9.17) is 9.26 Å². The van der Waals surface area contributed by atoms with E-state index >= 15 is 0 Å². The Hall–Kier alpha value is -3.29. The van der Waals surface area contributed by atoms with Crippen molar-refractivity contribution in [3.63, 3.8) is 0 Å². The summed E-state index contributed by atoms with van der Waals surface area (Å²) in [5.41, 5.74) is 0.949. The number of ether oxygens (including phenoxy) is 1. The molecule has 0 saturated heterocycles. The molecule has 0 unspecified atom stereocenters. The van der Waals surface area contributed by atoms with Crippen LogP contribution in [-0.4, -0.2) is 28.0 Å². The molecule has 8 heteroatoms. The van der Waals surface area contributed by atoms with Gasteiger partial charge >= 0.3 is 0 Å². The van der Waals surface area contributed by atoms with Crippen LogP contribution in [0.3, 0.4) is 0 Å². The molecule has 28 heavy (non-hydrogen) atoms. The highest BCUT2D eigenvalue weighted by molar-refractivity contribution is 5.94. The number of hydrogen-bond donors (Lipinski definition) is 0. The third-order valence-corrected chi connectivity index (χ3v) is 4.37. The van der Waals surface area contributed by atoms with Crippen molar-refractivity contribution in [3.05, 3.63) is 76.9 Å². The second kappa shape index (κ2) is 8.16. The van der Waals surface area contributed by atoms with Gasteiger partial charge in [-0.05, 0) is 48.9 Å². The summed E-state index contributed by atoms with van der Waals surface area (Å²) in [4.78, 5) is 18.2. The van der Waals surface area contributed by atoms with Crippen LogP contribution in [0.1, 0.15) is 40.6 Å². The average molecular weight is 387 g/mol. The molecular weight excluding hydrogens is 368 g/mol. The molecule has 1 heterocycles. The number of rotatable bonds is 6. The quantitative estimate of drug-likeness (QED) is 0.638. The van der Waals surface area contributed by atoms with Crippen molar-refractivity contribution in [1.82, 2.24) is 15.0 Å². The summed E-state index contributed by atoms with van der Waals surface area (Å²) in [5.74, 6) is -0.677. The van der Waals surface area contributed by atoms with Gasteiger partial charge in [0.25, 0.3) is 5.91 Å². The number of benzene rings is 2. The Balaban J connectivity index is 1.65. The zero-order valence-corrected chi connectivity index (χ0v) is 15.6. The van der Waals surface area contributed by atoms with E-state index in [0.717, 1.165) is 12.1 Å². The monoisotopic (exact) mass is 387 g/mol. The molecule has 0 aliphatic heterocycles. The molecule has 6 nitrogen and oxygen atoms in total. The largest absolute Gasteiger partial charge is 0.485 e. The number of hydrogen-bond acceptors (Lipinski definition) is 5. The predicted octanol–water partition coefficient (Wildman–Crippen LogP) is 4.07. The third kappa shape index (κ3) is 4.33. The number of amides is 1. The second-order valence-corrected chi connectivity index (χ2v) is 6.31. The highest BCUT2D eigenvalue weighted by Crippen LogP contribution is 2.23. The Morgan fingerprint density at radius 3 is 2.50 bits per heavy atom. The Bertz CT molecular complexity index is 973. The van der Waals surface area contributed by atoms with E-state index in [0.29, 0.717) is 28.6 Å². The van der Waals surface area contributed by atoms with Crippen molar-refractivity contribution < 1.29 is 22.8 Å². The summed E-state index contributed by atoms with van der Waals surface area (Å²) < 4.78 is 37.0. The summed E-state index contributed by atoms with van der Waals surface area (Å²) >= 11 is 0. The molecule has 146 valence electrons. The average Bonchev–Trinajstić information content (AvgIpc) is 3.12. The van der Waals surface area contributed by atoms with E-state index in [2.05, 4.69) is 10.1 Å². The Kier molecular flexibility index (Phi) is 5.67. The molecule has 0 N–H and O–H groups in total. The van der Waals surface area contributed by atoms with E-state index in [9.17, 15) is 13.6 Å². The first-order chi connectivity index (χ1) is 13.3. The van der Waals surface area contributed by atoms with Crippen LogP contribution in [0, 0.1) is 18.6 Å². The maximum absolute atomic E-state index is 13.5. The lowest BCUT2D eigenvalue weighted by Gasteiger charge is -2.25. The number of halogens is 2. The summed E-state index contributed by atoms with van der Waals surface area (Å²) in [6.45, 7) is 3.58. The molecule has 0 radical (unpaired) electrons. The Morgan fingerprint density at radius 1 is 1.18 bits per heavy atom. The highest BCUT2D eigenvalue weighted by atomic mass is 19.2. The van der Waals surface area contributed by atoms with Crippen LogP contribution in [0.15, 0.2) is 47.0 Å². The van der Waals surface area contributed by atoms with Gasteiger partial charge in [-0.15, -0.1) is 0 Å². The molecule has 0 spiro atoms. The summed E-state index contributed by atoms with van der Waals surface area (Å²) in [7, 11) is 1.61. The van der Waals surface area contributed by atoms with E-state index in [-0.39, 0.29) is 12.5 Å². The minimum atomic E-state index is -0.941. The van der Waals surface area contributed by atoms with Crippen molar-refractivity contribution in [2.45, 2.75) is 26.5 Å². The maximum atomic E-state index is 13.5. The normalized spacial score (nSPS) is 11.9. The fourth-order valence-electron chi connectivity index (χ4n) is 2.62. The van der Waals surface area contributed by atoms with Gasteiger partial charge in [0.2, 0.25) is 11.7 Å². The molecule has 0 bridgehead atoms. The molecule has 1 atom stereocenters. The van der Waals surface area contributed by atoms with E-state index < -0.39 is 17.7 Å². The molecular formula is C20H19F2N3O3. The van der Waals surface area contributed by atoms with Gasteiger partial charge in [-0.2, -0.15) is 4.98 Å². The zero-order chi connectivity index (χ0) is 20.3. The van der Waals surface area contributed by atoms with Gasteiger partial charge in [0.05, 0.1) is 6.04 Å². The van der Waals surface area contributed by atoms with Crippen LogP contribution in [-0.2, 0) is 6.61 Å². The van der Waals surface area contributed by atoms with Crippen molar-refractivity contribution in [3.8, 4) is 5.75 Å². The van der Waals surface area contributed by atoms with Crippen LogP contribution in [0.5, 0.6) is 5.75 Å². The standard InChI is InChI=1S/C20H19F2N3O3/c1-12(15-6-9-17(21)18(22)10-15)25(3)20(26)14-4-7-16(8-5-14)27-11-19-23-13(2)28-24-19/h4-10,12H,11H2,1-3H3/t12-/m1/s1. The molecule has 1 aromatic heterocycles. The van der Waals surface area contributed by atoms with Crippen molar-refractivity contribution in [2.75, 3.05) is 7.05 Å². The van der Waals surface area contributed by atoms with E-state index in [1.807, 2.05) is 0 Å². The molecule has 0 fully saturated rings. The summed E-state index contributed by atoms with van der Waals surface area (Å²) in [6.07, 6.45) is 0. The van der Waals surface area contributed by atoms with Crippen LogP contribution >= 0.6 is 0 Å². The van der Waals surface area contributed by atoms with Crippen LogP contribution in [0.4, 0.5) is 8.78 Å². The minimum absolute atomic E-state index is 0.150. The molecule has 2 aromatic carbocycles. The molecule has 3 rings (SSSR count). The van der Waals surface area contributed by atoms with Crippen molar-refractivity contribution in [1.29, 1.82) is 0 Å². The fraction of sp³-hybridized carbons (Fsp3) is 0.250. The predicted molar refractivity (Wildman–Crippen MR) is 96.7 cm³/mol. The smallest absolute Gasteiger partial charge is 0.254 e. The molecule has 0 aliphatic rings. The minimum Gasteiger partial charge on any atom is -0.485 e. The molecule has 0 saturated carbocycles. The molecule has 3 aromatic rings. The second-order valence-electron chi connectivity index (χ2n) is 6.31.